The number of hydrogen-bond acceptors (Lipinski definition) is 4. The van der Waals surface area contributed by atoms with Gasteiger partial charge in [0.2, 0.25) is 5.91 Å². The Kier molecular flexibility index (Phi) is 6.43. The molecule has 8 nitrogen and oxygen atoms in total. The van der Waals surface area contributed by atoms with Gasteiger partial charge in [0, 0.05) is 25.8 Å². The smallest absolute Gasteiger partial charge is 0.319 e. The zero-order valence-corrected chi connectivity index (χ0v) is 15.5. The molecule has 1 saturated heterocycles. The summed E-state index contributed by atoms with van der Waals surface area (Å²) in [6.07, 6.45) is 4.17. The summed E-state index contributed by atoms with van der Waals surface area (Å²) in [5.41, 5.74) is 2.85. The molecule has 8 heteroatoms. The topological polar surface area (TPSA) is 88.5 Å². The van der Waals surface area contributed by atoms with Crippen LogP contribution in [0.1, 0.15) is 18.1 Å². The van der Waals surface area contributed by atoms with Crippen molar-refractivity contribution < 1.29 is 14.3 Å². The van der Waals surface area contributed by atoms with Crippen LogP contribution in [-0.4, -0.2) is 52.9 Å². The third-order valence-electron chi connectivity index (χ3n) is 4.44. The first-order chi connectivity index (χ1) is 13.1. The predicted octanol–water partition coefficient (Wildman–Crippen LogP) is 1.63. The number of amides is 3. The van der Waals surface area contributed by atoms with Crippen LogP contribution in [0.3, 0.4) is 0 Å². The molecule has 2 N–H and O–H groups in total. The van der Waals surface area contributed by atoms with Crippen molar-refractivity contribution in [2.45, 2.75) is 26.4 Å². The van der Waals surface area contributed by atoms with E-state index in [1.807, 2.05) is 12.1 Å². The van der Waals surface area contributed by atoms with Crippen molar-refractivity contribution in [1.82, 2.24) is 20.0 Å². The Morgan fingerprint density at radius 1 is 1.15 bits per heavy atom. The van der Waals surface area contributed by atoms with Gasteiger partial charge in [-0.2, -0.15) is 5.10 Å². The molecule has 2 heterocycles. The minimum atomic E-state index is -0.311. The van der Waals surface area contributed by atoms with Gasteiger partial charge >= 0.3 is 6.03 Å². The van der Waals surface area contributed by atoms with Gasteiger partial charge < -0.3 is 20.3 Å². The Balaban J connectivity index is 1.45. The summed E-state index contributed by atoms with van der Waals surface area (Å²) in [6, 6.07) is 7.83. The number of urea groups is 1. The highest BCUT2D eigenvalue weighted by molar-refractivity contribution is 5.88. The Labute approximate surface area is 158 Å². The van der Waals surface area contributed by atoms with E-state index < -0.39 is 0 Å². The number of morpholine rings is 1. The second-order valence-electron chi connectivity index (χ2n) is 6.40. The Morgan fingerprint density at radius 2 is 1.85 bits per heavy atom. The summed E-state index contributed by atoms with van der Waals surface area (Å²) >= 11 is 0. The van der Waals surface area contributed by atoms with Crippen LogP contribution in [0.4, 0.5) is 10.5 Å². The maximum Gasteiger partial charge on any atom is 0.319 e. The molecule has 1 aliphatic rings. The summed E-state index contributed by atoms with van der Waals surface area (Å²) in [4.78, 5) is 26.0. The second kappa shape index (κ2) is 9.18. The van der Waals surface area contributed by atoms with Crippen molar-refractivity contribution in [1.29, 1.82) is 0 Å². The fourth-order valence-electron chi connectivity index (χ4n) is 2.82. The van der Waals surface area contributed by atoms with E-state index >= 15 is 0 Å². The third kappa shape index (κ3) is 5.55. The molecule has 3 amide bonds. The van der Waals surface area contributed by atoms with E-state index in [9.17, 15) is 9.59 Å². The molecule has 2 aromatic rings. The zero-order chi connectivity index (χ0) is 19.1. The molecule has 1 fully saturated rings. The van der Waals surface area contributed by atoms with E-state index in [2.05, 4.69) is 34.8 Å². The number of nitrogens with zero attached hydrogens (tertiary/aromatic N) is 3. The quantitative estimate of drug-likeness (QED) is 0.808. The molecule has 0 saturated carbocycles. The third-order valence-corrected chi connectivity index (χ3v) is 4.44. The van der Waals surface area contributed by atoms with Crippen LogP contribution >= 0.6 is 0 Å². The molecule has 1 aromatic carbocycles. The van der Waals surface area contributed by atoms with Crippen molar-refractivity contribution in [3.05, 3.63) is 47.8 Å². The fraction of sp³-hybridized carbons (Fsp3) is 0.421. The van der Waals surface area contributed by atoms with E-state index in [0.29, 0.717) is 38.5 Å². The largest absolute Gasteiger partial charge is 0.378 e. The predicted molar refractivity (Wildman–Crippen MR) is 101 cm³/mol. The SMILES string of the molecule is CCc1ccc(CNC(=O)Nc2cnn(CC(=O)N3CCOCC3)c2)cc1. The van der Waals surface area contributed by atoms with Crippen molar-refractivity contribution in [2.24, 2.45) is 0 Å². The van der Waals surface area contributed by atoms with Crippen molar-refractivity contribution in [3.63, 3.8) is 0 Å². The van der Waals surface area contributed by atoms with Crippen LogP contribution in [-0.2, 0) is 29.0 Å². The van der Waals surface area contributed by atoms with Crippen molar-refractivity contribution in [3.8, 4) is 0 Å². The lowest BCUT2D eigenvalue weighted by molar-refractivity contribution is -0.136. The number of ether oxygens (including phenoxy) is 1. The number of carbonyl (C=O) groups excluding carboxylic acids is 2. The fourth-order valence-corrected chi connectivity index (χ4v) is 2.82. The number of anilines is 1. The van der Waals surface area contributed by atoms with Gasteiger partial charge in [-0.15, -0.1) is 0 Å². The van der Waals surface area contributed by atoms with Gasteiger partial charge in [-0.3, -0.25) is 9.48 Å². The minimum Gasteiger partial charge on any atom is -0.378 e. The lowest BCUT2D eigenvalue weighted by Crippen LogP contribution is -2.42. The number of carbonyl (C=O) groups is 2. The first kappa shape index (κ1) is 18.9. The first-order valence-corrected chi connectivity index (χ1v) is 9.14. The molecule has 0 spiro atoms. The molecule has 0 bridgehead atoms. The Hall–Kier alpha value is -2.87. The van der Waals surface area contributed by atoms with E-state index in [4.69, 9.17) is 4.74 Å². The average Bonchev–Trinajstić information content (AvgIpc) is 3.14. The van der Waals surface area contributed by atoms with Gasteiger partial charge in [0.05, 0.1) is 25.1 Å². The Morgan fingerprint density at radius 3 is 2.56 bits per heavy atom. The van der Waals surface area contributed by atoms with Crippen LogP contribution in [0.2, 0.25) is 0 Å². The van der Waals surface area contributed by atoms with Crippen LogP contribution in [0.5, 0.6) is 0 Å². The lowest BCUT2D eigenvalue weighted by atomic mass is 10.1. The van der Waals surface area contributed by atoms with Crippen molar-refractivity contribution >= 4 is 17.6 Å². The summed E-state index contributed by atoms with van der Waals surface area (Å²) in [5.74, 6) is -0.00655. The van der Waals surface area contributed by atoms with E-state index in [-0.39, 0.29) is 18.5 Å². The van der Waals surface area contributed by atoms with Gasteiger partial charge in [0.15, 0.2) is 0 Å². The van der Waals surface area contributed by atoms with Gasteiger partial charge in [-0.05, 0) is 17.5 Å². The normalized spacial score (nSPS) is 14.0. The maximum absolute atomic E-state index is 12.2. The summed E-state index contributed by atoms with van der Waals surface area (Å²) in [5, 5.41) is 9.68. The number of benzene rings is 1. The highest BCUT2D eigenvalue weighted by atomic mass is 16.5. The van der Waals surface area contributed by atoms with Crippen LogP contribution in [0, 0.1) is 0 Å². The summed E-state index contributed by atoms with van der Waals surface area (Å²) in [7, 11) is 0. The molecular weight excluding hydrogens is 346 g/mol. The number of aryl methyl sites for hydroxylation is 1. The summed E-state index contributed by atoms with van der Waals surface area (Å²) in [6.45, 7) is 5.04. The average molecular weight is 371 g/mol. The van der Waals surface area contributed by atoms with E-state index in [1.165, 1.54) is 16.4 Å². The van der Waals surface area contributed by atoms with E-state index in [1.54, 1.807) is 11.1 Å². The molecule has 3 rings (SSSR count). The van der Waals surface area contributed by atoms with Gasteiger partial charge in [-0.1, -0.05) is 31.2 Å². The van der Waals surface area contributed by atoms with Crippen LogP contribution in [0.25, 0.3) is 0 Å². The molecule has 0 aliphatic carbocycles. The molecular formula is C19H25N5O3. The lowest BCUT2D eigenvalue weighted by Gasteiger charge is -2.26. The number of aromatic nitrogens is 2. The zero-order valence-electron chi connectivity index (χ0n) is 15.5. The highest BCUT2D eigenvalue weighted by Crippen LogP contribution is 2.07. The van der Waals surface area contributed by atoms with Gasteiger partial charge in [0.25, 0.3) is 0 Å². The monoisotopic (exact) mass is 371 g/mol. The molecule has 0 unspecified atom stereocenters. The standard InChI is InChI=1S/C19H25N5O3/c1-2-15-3-5-16(6-4-15)11-20-19(26)22-17-12-21-24(13-17)14-18(25)23-7-9-27-10-8-23/h3-6,12-13H,2,7-11,14H2,1H3,(H2,20,22,26). The van der Waals surface area contributed by atoms with Crippen molar-refractivity contribution in [2.75, 3.05) is 31.6 Å². The molecule has 0 radical (unpaired) electrons. The maximum atomic E-state index is 12.2. The number of hydrogen-bond donors (Lipinski definition) is 2. The minimum absolute atomic E-state index is 0.00655. The van der Waals surface area contributed by atoms with E-state index in [0.717, 1.165) is 12.0 Å². The molecule has 144 valence electrons. The number of nitrogens with one attached hydrogen (secondary N) is 2. The first-order valence-electron chi connectivity index (χ1n) is 9.14. The van der Waals surface area contributed by atoms with Gasteiger partial charge in [-0.25, -0.2) is 4.79 Å². The molecule has 1 aliphatic heterocycles. The van der Waals surface area contributed by atoms with Crippen LogP contribution in [0.15, 0.2) is 36.7 Å². The second-order valence-corrected chi connectivity index (χ2v) is 6.40. The highest BCUT2D eigenvalue weighted by Gasteiger charge is 2.17. The molecule has 27 heavy (non-hydrogen) atoms. The molecule has 0 atom stereocenters. The summed E-state index contributed by atoms with van der Waals surface area (Å²) < 4.78 is 6.77. The van der Waals surface area contributed by atoms with Crippen LogP contribution < -0.4 is 10.6 Å². The number of rotatable bonds is 6. The Bertz CT molecular complexity index is 766. The molecule has 1 aromatic heterocycles. The van der Waals surface area contributed by atoms with Gasteiger partial charge in [0.1, 0.15) is 6.54 Å².